The van der Waals surface area contributed by atoms with Crippen LogP contribution in [0.4, 0.5) is 5.69 Å². The average Bonchev–Trinajstić information content (AvgIpc) is 2.97. The van der Waals surface area contributed by atoms with E-state index in [2.05, 4.69) is 72.4 Å². The molecule has 4 rings (SSSR count). The number of aryl methyl sites for hydroxylation is 1. The first-order valence-electron chi connectivity index (χ1n) is 7.18. The van der Waals surface area contributed by atoms with E-state index in [0.29, 0.717) is 0 Å². The van der Waals surface area contributed by atoms with E-state index in [1.54, 1.807) is 0 Å². The summed E-state index contributed by atoms with van der Waals surface area (Å²) in [5.41, 5.74) is 8.23. The number of aromatic nitrogens is 1. The van der Waals surface area contributed by atoms with Crippen molar-refractivity contribution >= 4 is 34.0 Å². The number of nitrogens with one attached hydrogen (secondary N) is 1. The Hall–Kier alpha value is -2.61. The van der Waals surface area contributed by atoms with Crippen molar-refractivity contribution < 1.29 is 0 Å². The summed E-state index contributed by atoms with van der Waals surface area (Å²) in [7, 11) is 0. The molecule has 0 atom stereocenters. The van der Waals surface area contributed by atoms with Gasteiger partial charge >= 0.3 is 0 Å². The first-order chi connectivity index (χ1) is 10.2. The zero-order valence-electron chi connectivity index (χ0n) is 12.1. The van der Waals surface area contributed by atoms with Gasteiger partial charge in [-0.3, -0.25) is 4.99 Å². The molecule has 0 amide bonds. The molecule has 0 fully saturated rings. The summed E-state index contributed by atoms with van der Waals surface area (Å²) in [6, 6.07) is 16.8. The molecule has 2 heterocycles. The largest absolute Gasteiger partial charge is 0.358 e. The third kappa shape index (κ3) is 1.83. The monoisotopic (exact) mass is 272 g/mol. The number of para-hydroxylation sites is 2. The van der Waals surface area contributed by atoms with Crippen LogP contribution in [0.3, 0.4) is 0 Å². The summed E-state index contributed by atoms with van der Waals surface area (Å²) < 4.78 is 0. The van der Waals surface area contributed by atoms with Crippen molar-refractivity contribution in [2.45, 2.75) is 13.8 Å². The smallest absolute Gasteiger partial charge is 0.0712 e. The summed E-state index contributed by atoms with van der Waals surface area (Å²) in [4.78, 5) is 8.12. The Labute approximate surface area is 123 Å². The molecule has 1 aromatic heterocycles. The number of nitrogens with zero attached hydrogens (tertiary/aromatic N) is 1. The molecule has 0 spiro atoms. The summed E-state index contributed by atoms with van der Waals surface area (Å²) in [6.07, 6.45) is 2.26. The summed E-state index contributed by atoms with van der Waals surface area (Å²) in [6.45, 7) is 4.20. The van der Waals surface area contributed by atoms with Crippen LogP contribution in [0.5, 0.6) is 0 Å². The Morgan fingerprint density at radius 2 is 1.71 bits per heavy atom. The maximum absolute atomic E-state index is 4.66. The number of hydrogen-bond donors (Lipinski definition) is 1. The Morgan fingerprint density at radius 3 is 2.62 bits per heavy atom. The van der Waals surface area contributed by atoms with Crippen LogP contribution in [0, 0.1) is 6.92 Å². The highest BCUT2D eigenvalue weighted by atomic mass is 14.8. The molecule has 1 aliphatic rings. The number of H-pyrrole nitrogens is 1. The van der Waals surface area contributed by atoms with Crippen LogP contribution in [0.15, 0.2) is 53.5 Å². The summed E-state index contributed by atoms with van der Waals surface area (Å²) in [5.74, 6) is 0. The molecule has 0 saturated carbocycles. The highest BCUT2D eigenvalue weighted by molar-refractivity contribution is 6.32. The van der Waals surface area contributed by atoms with Gasteiger partial charge in [0, 0.05) is 39.0 Å². The Balaban J connectivity index is 1.95. The van der Waals surface area contributed by atoms with Gasteiger partial charge in [0.15, 0.2) is 0 Å². The fourth-order valence-corrected chi connectivity index (χ4v) is 3.05. The van der Waals surface area contributed by atoms with E-state index in [0.717, 1.165) is 11.4 Å². The maximum Gasteiger partial charge on any atom is 0.0712 e. The molecule has 2 nitrogen and oxygen atoms in total. The Bertz CT molecular complexity index is 910. The summed E-state index contributed by atoms with van der Waals surface area (Å²) in [5, 5.41) is 1.26. The number of fused-ring (bicyclic) bond motifs is 2. The van der Waals surface area contributed by atoms with Gasteiger partial charge in [-0.25, -0.2) is 0 Å². The van der Waals surface area contributed by atoms with Gasteiger partial charge in [-0.05, 0) is 32.1 Å². The molecule has 102 valence electrons. The van der Waals surface area contributed by atoms with Crippen molar-refractivity contribution in [3.63, 3.8) is 0 Å². The number of hydrogen-bond acceptors (Lipinski definition) is 1. The molecule has 0 saturated heterocycles. The van der Waals surface area contributed by atoms with Gasteiger partial charge < -0.3 is 4.98 Å². The van der Waals surface area contributed by atoms with Gasteiger partial charge in [-0.1, -0.05) is 36.4 Å². The van der Waals surface area contributed by atoms with Gasteiger partial charge in [0.2, 0.25) is 0 Å². The zero-order chi connectivity index (χ0) is 14.4. The number of aromatic amines is 1. The van der Waals surface area contributed by atoms with Gasteiger partial charge in [0.1, 0.15) is 0 Å². The van der Waals surface area contributed by atoms with E-state index in [9.17, 15) is 0 Å². The molecule has 3 aromatic rings. The van der Waals surface area contributed by atoms with E-state index in [4.69, 9.17) is 0 Å². The van der Waals surface area contributed by atoms with Crippen LogP contribution >= 0.6 is 0 Å². The minimum absolute atomic E-state index is 1.07. The van der Waals surface area contributed by atoms with Gasteiger partial charge in [-0.15, -0.1) is 0 Å². The van der Waals surface area contributed by atoms with Gasteiger partial charge in [0.05, 0.1) is 5.69 Å². The van der Waals surface area contributed by atoms with Crippen LogP contribution in [-0.2, 0) is 0 Å². The maximum atomic E-state index is 4.66. The van der Waals surface area contributed by atoms with Crippen LogP contribution < -0.4 is 0 Å². The second-order valence-corrected chi connectivity index (χ2v) is 5.48. The lowest BCUT2D eigenvalue weighted by molar-refractivity contribution is 1.29. The van der Waals surface area contributed by atoms with Crippen molar-refractivity contribution in [1.29, 1.82) is 0 Å². The van der Waals surface area contributed by atoms with Crippen LogP contribution in [0.1, 0.15) is 23.7 Å². The molecule has 0 unspecified atom stereocenters. The van der Waals surface area contributed by atoms with Crippen molar-refractivity contribution in [3.8, 4) is 0 Å². The summed E-state index contributed by atoms with van der Waals surface area (Å²) >= 11 is 0. The van der Waals surface area contributed by atoms with Crippen LogP contribution in [0.2, 0.25) is 0 Å². The third-order valence-corrected chi connectivity index (χ3v) is 4.10. The third-order valence-electron chi connectivity index (χ3n) is 4.10. The Kier molecular flexibility index (Phi) is 2.58. The van der Waals surface area contributed by atoms with Crippen molar-refractivity contribution in [2.75, 3.05) is 0 Å². The van der Waals surface area contributed by atoms with E-state index in [-0.39, 0.29) is 0 Å². The van der Waals surface area contributed by atoms with Crippen molar-refractivity contribution in [1.82, 2.24) is 4.98 Å². The molecule has 2 heteroatoms. The molecule has 1 N–H and O–H groups in total. The first-order valence-corrected chi connectivity index (χ1v) is 7.18. The topological polar surface area (TPSA) is 28.1 Å². The fraction of sp³-hybridized carbons (Fsp3) is 0.105. The van der Waals surface area contributed by atoms with E-state index < -0.39 is 0 Å². The van der Waals surface area contributed by atoms with E-state index in [1.807, 2.05) is 6.07 Å². The average molecular weight is 272 g/mol. The molecule has 2 aromatic carbocycles. The first kappa shape index (κ1) is 12.2. The van der Waals surface area contributed by atoms with Crippen LogP contribution in [-0.4, -0.2) is 10.7 Å². The van der Waals surface area contributed by atoms with Crippen molar-refractivity contribution in [3.05, 3.63) is 65.4 Å². The van der Waals surface area contributed by atoms with E-state index in [1.165, 1.54) is 33.3 Å². The number of rotatable bonds is 1. The van der Waals surface area contributed by atoms with E-state index >= 15 is 0 Å². The lowest BCUT2D eigenvalue weighted by Crippen LogP contribution is -1.90. The lowest BCUT2D eigenvalue weighted by atomic mass is 9.99. The number of allylic oxidation sites excluding steroid dienone is 1. The molecular formula is C19H16N2. The minimum Gasteiger partial charge on any atom is -0.358 e. The zero-order valence-corrected chi connectivity index (χ0v) is 12.1. The van der Waals surface area contributed by atoms with Gasteiger partial charge in [0.25, 0.3) is 0 Å². The second-order valence-electron chi connectivity index (χ2n) is 5.48. The van der Waals surface area contributed by atoms with Gasteiger partial charge in [-0.2, -0.15) is 0 Å². The molecule has 1 aliphatic heterocycles. The molecule has 0 radical (unpaired) electrons. The molecule has 21 heavy (non-hydrogen) atoms. The number of aliphatic imine (C=N–C) groups is 1. The van der Waals surface area contributed by atoms with Crippen molar-refractivity contribution in [2.24, 2.45) is 4.99 Å². The lowest BCUT2D eigenvalue weighted by Gasteiger charge is -2.02. The highest BCUT2D eigenvalue weighted by Gasteiger charge is 2.18. The molecule has 0 bridgehead atoms. The Morgan fingerprint density at radius 1 is 0.952 bits per heavy atom. The predicted molar refractivity (Wildman–Crippen MR) is 90.1 cm³/mol. The normalized spacial score (nSPS) is 15.5. The molecular weight excluding hydrogens is 256 g/mol. The standard InChI is InChI=1S/C19H16N2/c1-12-16(14-7-3-5-9-18(14)20-12)11-17-13(2)21-19-10-6-4-8-15(17)19/h3-11,20H,1-2H3/b17-11+. The predicted octanol–water partition coefficient (Wildman–Crippen LogP) is 5.12. The van der Waals surface area contributed by atoms with Crippen LogP contribution in [0.25, 0.3) is 22.6 Å². The minimum atomic E-state index is 1.07. The SMILES string of the molecule is CC1=Nc2ccccc2/C1=C/c1c(C)[nH]c2ccccc12. The fourth-order valence-electron chi connectivity index (χ4n) is 3.05. The highest BCUT2D eigenvalue weighted by Crippen LogP contribution is 2.37. The molecule has 0 aliphatic carbocycles. The quantitative estimate of drug-likeness (QED) is 0.636. The number of benzene rings is 2. The second kappa shape index (κ2) is 4.45.